The van der Waals surface area contributed by atoms with Gasteiger partial charge in [0, 0.05) is 27.5 Å². The fraction of sp³-hybridized carbons (Fsp3) is 0.0500. The Morgan fingerprint density at radius 1 is 0.741 bits per heavy atom. The van der Waals surface area contributed by atoms with E-state index in [1.165, 1.54) is 24.3 Å². The monoisotopic (exact) mass is 388 g/mol. The number of halogens is 3. The molecule has 0 heterocycles. The van der Waals surface area contributed by atoms with Gasteiger partial charge in [-0.3, -0.25) is 4.79 Å². The molecular weight excluding hydrogens is 373 g/mol. The molecule has 3 aromatic rings. The maximum Gasteiger partial charge on any atom is 0.446 e. The molecule has 3 rings (SSSR count). The fourth-order valence-corrected chi connectivity index (χ4v) is 2.88. The van der Waals surface area contributed by atoms with Crippen molar-refractivity contribution in [1.29, 1.82) is 0 Å². The first kappa shape index (κ1) is 18.8. The maximum absolute atomic E-state index is 12.3. The zero-order chi connectivity index (χ0) is 19.3. The summed E-state index contributed by atoms with van der Waals surface area (Å²) in [5, 5.41) is 5.96. The average molecular weight is 388 g/mol. The van der Waals surface area contributed by atoms with Crippen molar-refractivity contribution in [3.05, 3.63) is 84.4 Å². The Labute approximate surface area is 158 Å². The van der Waals surface area contributed by atoms with Gasteiger partial charge in [-0.15, -0.1) is 0 Å². The lowest BCUT2D eigenvalue weighted by molar-refractivity contribution is -0.0328. The molecule has 3 aromatic carbocycles. The van der Waals surface area contributed by atoms with Crippen LogP contribution < -0.4 is 10.6 Å². The van der Waals surface area contributed by atoms with Crippen molar-refractivity contribution < 1.29 is 18.0 Å². The van der Waals surface area contributed by atoms with E-state index in [0.717, 1.165) is 11.4 Å². The number of amides is 1. The highest BCUT2D eigenvalue weighted by molar-refractivity contribution is 8.00. The van der Waals surface area contributed by atoms with Crippen LogP contribution >= 0.6 is 11.8 Å². The third-order valence-electron chi connectivity index (χ3n) is 3.56. The van der Waals surface area contributed by atoms with Gasteiger partial charge >= 0.3 is 5.51 Å². The van der Waals surface area contributed by atoms with Crippen molar-refractivity contribution in [2.24, 2.45) is 0 Å². The molecule has 0 aliphatic rings. The molecule has 0 atom stereocenters. The van der Waals surface area contributed by atoms with Crippen LogP contribution in [0.4, 0.5) is 30.2 Å². The molecule has 0 unspecified atom stereocenters. The van der Waals surface area contributed by atoms with Gasteiger partial charge in [0.05, 0.1) is 0 Å². The summed E-state index contributed by atoms with van der Waals surface area (Å²) in [7, 11) is 0. The topological polar surface area (TPSA) is 41.1 Å². The van der Waals surface area contributed by atoms with E-state index in [9.17, 15) is 18.0 Å². The van der Waals surface area contributed by atoms with Crippen LogP contribution in [0.3, 0.4) is 0 Å². The zero-order valence-electron chi connectivity index (χ0n) is 14.0. The van der Waals surface area contributed by atoms with Crippen molar-refractivity contribution >= 4 is 34.7 Å². The van der Waals surface area contributed by atoms with Crippen LogP contribution in [0.1, 0.15) is 10.4 Å². The highest BCUT2D eigenvalue weighted by Gasteiger charge is 2.29. The number of para-hydroxylation sites is 1. The van der Waals surface area contributed by atoms with E-state index >= 15 is 0 Å². The largest absolute Gasteiger partial charge is 0.446 e. The Kier molecular flexibility index (Phi) is 5.71. The molecule has 0 aliphatic carbocycles. The Bertz CT molecular complexity index is 895. The predicted molar refractivity (Wildman–Crippen MR) is 102 cm³/mol. The second-order valence-corrected chi connectivity index (χ2v) is 6.73. The van der Waals surface area contributed by atoms with E-state index < -0.39 is 5.51 Å². The Balaban J connectivity index is 1.60. The molecule has 1 amide bonds. The van der Waals surface area contributed by atoms with Gasteiger partial charge in [-0.25, -0.2) is 0 Å². The van der Waals surface area contributed by atoms with E-state index in [1.807, 2.05) is 42.5 Å². The molecule has 3 nitrogen and oxygen atoms in total. The molecule has 2 N–H and O–H groups in total. The second kappa shape index (κ2) is 8.18. The predicted octanol–water partition coefficient (Wildman–Crippen LogP) is 6.29. The molecule has 0 saturated carbocycles. The standard InChI is InChI=1S/C20H15F3N2OS/c21-20(22,23)27-18-12-6-14(7-13-18)19(26)25-17-10-8-16(9-11-17)24-15-4-2-1-3-5-15/h1-13,24H,(H,25,26). The number of thioether (sulfide) groups is 1. The smallest absolute Gasteiger partial charge is 0.356 e. The third kappa shape index (κ3) is 5.79. The summed E-state index contributed by atoms with van der Waals surface area (Å²) in [5.74, 6) is -0.387. The summed E-state index contributed by atoms with van der Waals surface area (Å²) < 4.78 is 37.0. The molecule has 0 aromatic heterocycles. The minimum absolute atomic E-state index is 0.0374. The molecule has 7 heteroatoms. The van der Waals surface area contributed by atoms with Crippen LogP contribution in [0.15, 0.2) is 83.8 Å². The lowest BCUT2D eigenvalue weighted by atomic mass is 10.2. The van der Waals surface area contributed by atoms with Crippen molar-refractivity contribution in [1.82, 2.24) is 0 Å². The summed E-state index contributed by atoms with van der Waals surface area (Å²) in [6.07, 6.45) is 0. The lowest BCUT2D eigenvalue weighted by Crippen LogP contribution is -2.11. The van der Waals surface area contributed by atoms with Gasteiger partial charge in [0.25, 0.3) is 5.91 Å². The number of anilines is 3. The van der Waals surface area contributed by atoms with Crippen LogP contribution in [0.2, 0.25) is 0 Å². The van der Waals surface area contributed by atoms with Gasteiger partial charge in [0.15, 0.2) is 0 Å². The van der Waals surface area contributed by atoms with Gasteiger partial charge in [0.1, 0.15) is 0 Å². The molecule has 0 fully saturated rings. The van der Waals surface area contributed by atoms with E-state index in [2.05, 4.69) is 10.6 Å². The number of carbonyl (C=O) groups excluding carboxylic acids is 1. The van der Waals surface area contributed by atoms with Gasteiger partial charge < -0.3 is 10.6 Å². The van der Waals surface area contributed by atoms with Crippen molar-refractivity contribution in [2.45, 2.75) is 10.4 Å². The molecule has 0 spiro atoms. The molecule has 0 bridgehead atoms. The second-order valence-electron chi connectivity index (χ2n) is 5.59. The van der Waals surface area contributed by atoms with Gasteiger partial charge in [-0.1, -0.05) is 18.2 Å². The first-order valence-electron chi connectivity index (χ1n) is 7.98. The van der Waals surface area contributed by atoms with Gasteiger partial charge in [-0.2, -0.15) is 13.2 Å². The minimum Gasteiger partial charge on any atom is -0.356 e. The highest BCUT2D eigenvalue weighted by atomic mass is 32.2. The van der Waals surface area contributed by atoms with Crippen LogP contribution in [0.5, 0.6) is 0 Å². The van der Waals surface area contributed by atoms with E-state index in [-0.39, 0.29) is 28.1 Å². The Morgan fingerprint density at radius 2 is 1.30 bits per heavy atom. The van der Waals surface area contributed by atoms with E-state index in [0.29, 0.717) is 5.69 Å². The summed E-state index contributed by atoms with van der Waals surface area (Å²) in [4.78, 5) is 12.3. The minimum atomic E-state index is -4.35. The number of rotatable bonds is 5. The first-order valence-corrected chi connectivity index (χ1v) is 8.80. The molecule has 138 valence electrons. The van der Waals surface area contributed by atoms with E-state index in [4.69, 9.17) is 0 Å². The highest BCUT2D eigenvalue weighted by Crippen LogP contribution is 2.36. The first-order chi connectivity index (χ1) is 12.9. The average Bonchev–Trinajstić information content (AvgIpc) is 2.63. The molecule has 27 heavy (non-hydrogen) atoms. The maximum atomic E-state index is 12.3. The Morgan fingerprint density at radius 3 is 1.89 bits per heavy atom. The van der Waals surface area contributed by atoms with Gasteiger partial charge in [-0.05, 0) is 72.4 Å². The van der Waals surface area contributed by atoms with Crippen molar-refractivity contribution in [2.75, 3.05) is 10.6 Å². The number of hydrogen-bond donors (Lipinski definition) is 2. The number of benzene rings is 3. The molecule has 0 aliphatic heterocycles. The van der Waals surface area contributed by atoms with Crippen LogP contribution in [-0.4, -0.2) is 11.4 Å². The summed E-state index contributed by atoms with van der Waals surface area (Å²) in [5.41, 5.74) is -1.65. The quantitative estimate of drug-likeness (QED) is 0.504. The third-order valence-corrected chi connectivity index (χ3v) is 4.29. The zero-order valence-corrected chi connectivity index (χ0v) is 14.8. The summed E-state index contributed by atoms with van der Waals surface area (Å²) in [6, 6.07) is 22.1. The number of carbonyl (C=O) groups is 1. The van der Waals surface area contributed by atoms with Gasteiger partial charge in [0.2, 0.25) is 0 Å². The number of nitrogens with one attached hydrogen (secondary N) is 2. The number of alkyl halides is 3. The number of hydrogen-bond acceptors (Lipinski definition) is 3. The SMILES string of the molecule is O=C(Nc1ccc(Nc2ccccc2)cc1)c1ccc(SC(F)(F)F)cc1. The molecule has 0 saturated heterocycles. The Hall–Kier alpha value is -2.93. The summed E-state index contributed by atoms with van der Waals surface area (Å²) in [6.45, 7) is 0. The molecular formula is C20H15F3N2OS. The normalized spacial score (nSPS) is 11.1. The lowest BCUT2D eigenvalue weighted by Gasteiger charge is -2.09. The molecule has 0 radical (unpaired) electrons. The fourth-order valence-electron chi connectivity index (χ4n) is 2.34. The van der Waals surface area contributed by atoms with Crippen molar-refractivity contribution in [3.8, 4) is 0 Å². The van der Waals surface area contributed by atoms with Crippen LogP contribution in [0, 0.1) is 0 Å². The van der Waals surface area contributed by atoms with E-state index in [1.54, 1.807) is 12.1 Å². The van der Waals surface area contributed by atoms with Crippen LogP contribution in [0.25, 0.3) is 0 Å². The summed E-state index contributed by atoms with van der Waals surface area (Å²) >= 11 is -0.211. The van der Waals surface area contributed by atoms with Crippen LogP contribution in [-0.2, 0) is 0 Å². The van der Waals surface area contributed by atoms with Crippen molar-refractivity contribution in [3.63, 3.8) is 0 Å².